The maximum Gasteiger partial charge on any atom is 2.00 e. The molecule has 0 amide bonds. The van der Waals surface area contributed by atoms with E-state index < -0.39 is 0 Å². The van der Waals surface area contributed by atoms with Crippen molar-refractivity contribution in [2.24, 2.45) is 0 Å². The van der Waals surface area contributed by atoms with Crippen molar-refractivity contribution in [2.45, 2.75) is 61.9 Å². The van der Waals surface area contributed by atoms with Gasteiger partial charge in [-0.15, -0.1) is 5.10 Å². The number of aromatic nitrogens is 7. The van der Waals surface area contributed by atoms with Crippen LogP contribution < -0.4 is 16.4 Å². The van der Waals surface area contributed by atoms with E-state index in [1.165, 1.54) is 61.7 Å². The largest absolute Gasteiger partial charge is 2.00 e. The minimum Gasteiger partial charge on any atom is -0.264 e. The molecule has 7 aromatic rings. The standard InChI is InChI=1S/C33H34BN3.C6H7N.C3H5N3.Pt/c1-22-15-24(3)32(25(4)16-22)34(33-26(5)17-23(2)18-27(33)6)30-14-10-13-29(19-30)31-21-37(36-35-31)20-28-11-8-7-9-12-28;1-6-4-2-3-5-7-6;1-3-4-2-5-6-3;/h7-19,21H,20H2,1-6H3;2-5H,1H3;2H,1H3,(H,4,5,6);/q;;;+2. The average molecular weight is 855 g/mol. The van der Waals surface area contributed by atoms with Gasteiger partial charge in [-0.1, -0.05) is 140 Å². The van der Waals surface area contributed by atoms with Gasteiger partial charge in [0.25, 0.3) is 0 Å². The van der Waals surface area contributed by atoms with E-state index in [1.54, 1.807) is 6.20 Å². The molecule has 1 N–H and O–H groups in total. The molecular weight excluding hydrogens is 808 g/mol. The molecule has 0 saturated heterocycles. The number of benzene rings is 4. The second-order valence-electron chi connectivity index (χ2n) is 13.0. The van der Waals surface area contributed by atoms with Crippen LogP contribution in [0.1, 0.15) is 50.5 Å². The quantitative estimate of drug-likeness (QED) is 0.185. The van der Waals surface area contributed by atoms with Crippen LogP contribution in [0.3, 0.4) is 0 Å². The van der Waals surface area contributed by atoms with E-state index in [9.17, 15) is 0 Å². The Morgan fingerprint density at radius 3 is 1.73 bits per heavy atom. The first-order valence-corrected chi connectivity index (χ1v) is 17.0. The van der Waals surface area contributed by atoms with Gasteiger partial charge in [0.05, 0.1) is 12.7 Å². The topological polar surface area (TPSA) is 85.2 Å². The van der Waals surface area contributed by atoms with Crippen LogP contribution in [0.4, 0.5) is 0 Å². The van der Waals surface area contributed by atoms with Crippen LogP contribution in [0.5, 0.6) is 0 Å². The maximum absolute atomic E-state index is 4.53. The van der Waals surface area contributed by atoms with Gasteiger partial charge in [0.2, 0.25) is 6.71 Å². The molecule has 0 saturated carbocycles. The molecule has 7 rings (SSSR count). The van der Waals surface area contributed by atoms with E-state index in [0.717, 1.165) is 22.8 Å². The Kier molecular flexibility index (Phi) is 14.0. The Balaban J connectivity index is 0.000000348. The first-order chi connectivity index (χ1) is 24.1. The Bertz CT molecular complexity index is 2020. The first-order valence-electron chi connectivity index (χ1n) is 17.0. The van der Waals surface area contributed by atoms with Crippen LogP contribution in [0.15, 0.2) is 116 Å². The molecule has 260 valence electrons. The fourth-order valence-corrected chi connectivity index (χ4v) is 6.64. The molecule has 0 bridgehead atoms. The van der Waals surface area contributed by atoms with Crippen LogP contribution in [0, 0.1) is 55.4 Å². The molecule has 7 nitrogen and oxygen atoms in total. The van der Waals surface area contributed by atoms with Crippen molar-refractivity contribution in [3.05, 3.63) is 166 Å². The number of aromatic amines is 1. The second kappa shape index (κ2) is 18.3. The van der Waals surface area contributed by atoms with Gasteiger partial charge >= 0.3 is 21.1 Å². The number of hydrogen-bond donors (Lipinski definition) is 1. The average Bonchev–Trinajstić information content (AvgIpc) is 3.76. The van der Waals surface area contributed by atoms with Gasteiger partial charge in [-0.3, -0.25) is 10.1 Å². The molecule has 0 atom stereocenters. The summed E-state index contributed by atoms with van der Waals surface area (Å²) in [6, 6.07) is 34.4. The van der Waals surface area contributed by atoms with Crippen LogP contribution in [0.25, 0.3) is 11.3 Å². The zero-order valence-electron chi connectivity index (χ0n) is 30.8. The smallest absolute Gasteiger partial charge is 0.264 e. The van der Waals surface area contributed by atoms with Crippen LogP contribution in [-0.2, 0) is 27.6 Å². The van der Waals surface area contributed by atoms with Crippen molar-refractivity contribution < 1.29 is 21.1 Å². The molecule has 3 aromatic heterocycles. The fraction of sp³-hybridized carbons (Fsp3) is 0.214. The number of H-pyrrole nitrogens is 1. The summed E-state index contributed by atoms with van der Waals surface area (Å²) in [7, 11) is 0. The van der Waals surface area contributed by atoms with E-state index in [2.05, 4.69) is 145 Å². The molecule has 4 aromatic carbocycles. The van der Waals surface area contributed by atoms with Crippen LogP contribution in [-0.4, -0.2) is 41.9 Å². The van der Waals surface area contributed by atoms with Gasteiger partial charge in [-0.05, 0) is 73.1 Å². The van der Waals surface area contributed by atoms with E-state index in [-0.39, 0.29) is 27.8 Å². The summed E-state index contributed by atoms with van der Waals surface area (Å²) in [6.07, 6.45) is 5.32. The zero-order chi connectivity index (χ0) is 35.6. The van der Waals surface area contributed by atoms with E-state index in [0.29, 0.717) is 6.54 Å². The molecule has 9 heteroatoms. The number of pyridine rings is 1. The van der Waals surface area contributed by atoms with E-state index >= 15 is 0 Å². The number of nitrogens with zero attached hydrogens (tertiary/aromatic N) is 6. The third-order valence-electron chi connectivity index (χ3n) is 8.64. The third-order valence-corrected chi connectivity index (χ3v) is 8.64. The van der Waals surface area contributed by atoms with Crippen LogP contribution in [0.2, 0.25) is 0 Å². The summed E-state index contributed by atoms with van der Waals surface area (Å²) in [5, 5.41) is 15.2. The monoisotopic (exact) mass is 854 g/mol. The van der Waals surface area contributed by atoms with Gasteiger partial charge < -0.3 is 0 Å². The normalized spacial score (nSPS) is 10.3. The van der Waals surface area contributed by atoms with Gasteiger partial charge in [0.15, 0.2) is 0 Å². The summed E-state index contributed by atoms with van der Waals surface area (Å²) in [6.45, 7) is 18.0. The first kappa shape index (κ1) is 38.9. The number of aryl methyl sites for hydroxylation is 8. The van der Waals surface area contributed by atoms with Gasteiger partial charge in [0.1, 0.15) is 17.8 Å². The van der Waals surface area contributed by atoms with E-state index in [1.807, 2.05) is 49.0 Å². The van der Waals surface area contributed by atoms with E-state index in [4.69, 9.17) is 0 Å². The number of hydrogen-bond acceptors (Lipinski definition) is 5. The molecule has 0 unspecified atom stereocenters. The van der Waals surface area contributed by atoms with Crippen molar-refractivity contribution in [1.82, 2.24) is 35.2 Å². The molecule has 0 spiro atoms. The van der Waals surface area contributed by atoms with Crippen molar-refractivity contribution >= 4 is 23.1 Å². The molecule has 0 aliphatic carbocycles. The zero-order valence-corrected chi connectivity index (χ0v) is 33.0. The molecule has 0 fully saturated rings. The third kappa shape index (κ3) is 10.5. The number of rotatable bonds is 6. The van der Waals surface area contributed by atoms with Crippen molar-refractivity contribution in [3.8, 4) is 11.3 Å². The summed E-state index contributed by atoms with van der Waals surface area (Å²) in [5.74, 6) is 0.856. The summed E-state index contributed by atoms with van der Waals surface area (Å²) >= 11 is 0. The number of nitrogens with one attached hydrogen (secondary N) is 1. The summed E-state index contributed by atoms with van der Waals surface area (Å²) < 4.78 is 1.91. The molecule has 0 radical (unpaired) electrons. The minimum atomic E-state index is 0. The Hall–Kier alpha value is -4.94. The molecule has 51 heavy (non-hydrogen) atoms. The van der Waals surface area contributed by atoms with Gasteiger partial charge in [-0.25, -0.2) is 9.67 Å². The SMILES string of the molecule is Cc1cc(C)c(B(c2cccc(-c3cn(Cc4ccccc4)nn3)c2)c2c(C)cc(C)cc2C)c(C)c1.Cc1ccccn1.Cc1ncn[nH]1.[Pt+2]. The Morgan fingerprint density at radius 2 is 1.25 bits per heavy atom. The molecule has 3 heterocycles. The summed E-state index contributed by atoms with van der Waals surface area (Å²) in [4.78, 5) is 7.73. The Morgan fingerprint density at radius 1 is 0.647 bits per heavy atom. The molecular formula is C42H46BN7Pt+2. The predicted octanol–water partition coefficient (Wildman–Crippen LogP) is 6.86. The summed E-state index contributed by atoms with van der Waals surface area (Å²) in [5.41, 5.74) is 16.3. The second-order valence-corrected chi connectivity index (χ2v) is 13.0. The maximum atomic E-state index is 4.53. The van der Waals surface area contributed by atoms with Crippen molar-refractivity contribution in [3.63, 3.8) is 0 Å². The van der Waals surface area contributed by atoms with Gasteiger partial charge in [-0.2, -0.15) is 5.10 Å². The van der Waals surface area contributed by atoms with Crippen LogP contribution >= 0.6 is 0 Å². The van der Waals surface area contributed by atoms with Crippen molar-refractivity contribution in [1.29, 1.82) is 0 Å². The minimum absolute atomic E-state index is 0. The van der Waals surface area contributed by atoms with Crippen molar-refractivity contribution in [2.75, 3.05) is 0 Å². The molecule has 0 aliphatic rings. The predicted molar refractivity (Wildman–Crippen MR) is 207 cm³/mol. The fourth-order valence-electron chi connectivity index (χ4n) is 6.64. The Labute approximate surface area is 317 Å². The van der Waals surface area contributed by atoms with Gasteiger partial charge in [0, 0.05) is 17.5 Å². The molecule has 0 aliphatic heterocycles.